The van der Waals surface area contributed by atoms with Crippen LogP contribution in [0.2, 0.25) is 0 Å². The summed E-state index contributed by atoms with van der Waals surface area (Å²) < 4.78 is 12.9. The molecule has 6 heteroatoms. The summed E-state index contributed by atoms with van der Waals surface area (Å²) >= 11 is 0. The van der Waals surface area contributed by atoms with Crippen LogP contribution in [0, 0.1) is 12.7 Å². The molecule has 0 aromatic heterocycles. The summed E-state index contributed by atoms with van der Waals surface area (Å²) in [5, 5.41) is 20.7. The van der Waals surface area contributed by atoms with Crippen molar-refractivity contribution in [3.63, 3.8) is 0 Å². The monoisotopic (exact) mass is 359 g/mol. The second-order valence-corrected chi connectivity index (χ2v) is 6.15. The highest BCUT2D eigenvalue weighted by atomic mass is 19.1. The number of aryl methyl sites for hydroxylation is 1. The molecule has 0 bridgehead atoms. The maximum atomic E-state index is 12.9. The third kappa shape index (κ3) is 5.47. The molecule has 2 aromatic rings. The van der Waals surface area contributed by atoms with Crippen LogP contribution in [0.4, 0.5) is 4.39 Å². The van der Waals surface area contributed by atoms with Crippen molar-refractivity contribution >= 4 is 11.8 Å². The Morgan fingerprint density at radius 1 is 1.23 bits per heavy atom. The van der Waals surface area contributed by atoms with Crippen molar-refractivity contribution in [1.82, 2.24) is 5.32 Å². The van der Waals surface area contributed by atoms with Gasteiger partial charge >= 0.3 is 5.97 Å². The van der Waals surface area contributed by atoms with Gasteiger partial charge in [-0.3, -0.25) is 4.79 Å². The predicted octanol–water partition coefficient (Wildman–Crippen LogP) is 2.93. The van der Waals surface area contributed by atoms with E-state index in [1.165, 1.54) is 12.1 Å². The zero-order chi connectivity index (χ0) is 19.1. The average molecular weight is 359 g/mol. The topological polar surface area (TPSA) is 86.6 Å². The molecule has 1 aliphatic heterocycles. The van der Waals surface area contributed by atoms with E-state index in [0.717, 1.165) is 17.7 Å². The van der Waals surface area contributed by atoms with Crippen LogP contribution in [0.5, 0.6) is 0 Å². The van der Waals surface area contributed by atoms with Crippen LogP contribution in [0.25, 0.3) is 0 Å². The van der Waals surface area contributed by atoms with Crippen LogP contribution in [0.3, 0.4) is 0 Å². The minimum Gasteiger partial charge on any atom is -0.479 e. The standard InChI is InChI=1S/C12H14FNO.C8H8O3/c1-8-6-9(13)2-3-11(8)12-7-10(15)4-5-14-12;9-7(8(10)11)6-4-2-1-3-5-6/h2-3,6,12,14H,4-5,7H2,1H3;1-5,7,9H,(H,10,11)/t12-;/m0./s1. The normalized spacial score (nSPS) is 17.8. The number of piperidine rings is 1. The Hall–Kier alpha value is -2.57. The van der Waals surface area contributed by atoms with Crippen LogP contribution in [-0.2, 0) is 9.59 Å². The van der Waals surface area contributed by atoms with Gasteiger partial charge in [0.15, 0.2) is 6.10 Å². The molecule has 5 nitrogen and oxygen atoms in total. The summed E-state index contributed by atoms with van der Waals surface area (Å²) in [7, 11) is 0. The average Bonchev–Trinajstić information content (AvgIpc) is 2.62. The summed E-state index contributed by atoms with van der Waals surface area (Å²) in [5.74, 6) is -1.17. The molecule has 0 radical (unpaired) electrons. The largest absolute Gasteiger partial charge is 0.479 e. The van der Waals surface area contributed by atoms with Gasteiger partial charge < -0.3 is 15.5 Å². The molecule has 3 N–H and O–H groups in total. The molecular weight excluding hydrogens is 337 g/mol. The van der Waals surface area contributed by atoms with E-state index in [-0.39, 0.29) is 17.6 Å². The number of hydrogen-bond donors (Lipinski definition) is 3. The third-order valence-corrected chi connectivity index (χ3v) is 4.18. The number of carbonyl (C=O) groups excluding carboxylic acids is 1. The molecule has 0 aliphatic carbocycles. The van der Waals surface area contributed by atoms with Crippen LogP contribution in [-0.4, -0.2) is 28.5 Å². The minimum absolute atomic E-state index is 0.0619. The highest BCUT2D eigenvalue weighted by molar-refractivity contribution is 5.80. The summed E-state index contributed by atoms with van der Waals surface area (Å²) in [6.07, 6.45) is -0.278. The second kappa shape index (κ2) is 9.22. The van der Waals surface area contributed by atoms with Gasteiger partial charge in [0.2, 0.25) is 0 Å². The Kier molecular flexibility index (Phi) is 7.00. The van der Waals surface area contributed by atoms with Gasteiger partial charge in [0.05, 0.1) is 0 Å². The number of benzene rings is 2. The first kappa shape index (κ1) is 19.8. The molecule has 26 heavy (non-hydrogen) atoms. The third-order valence-electron chi connectivity index (χ3n) is 4.18. The van der Waals surface area contributed by atoms with E-state index in [0.29, 0.717) is 18.4 Å². The van der Waals surface area contributed by atoms with Crippen LogP contribution >= 0.6 is 0 Å². The first-order valence-electron chi connectivity index (χ1n) is 8.35. The van der Waals surface area contributed by atoms with Crippen molar-refractivity contribution in [2.24, 2.45) is 0 Å². The number of Topliss-reactive ketones (excluding diaryl/α,β-unsaturated/α-hetero) is 1. The van der Waals surface area contributed by atoms with Gasteiger partial charge in [-0.1, -0.05) is 36.4 Å². The van der Waals surface area contributed by atoms with Gasteiger partial charge in [-0.2, -0.15) is 0 Å². The zero-order valence-electron chi connectivity index (χ0n) is 14.5. The fraction of sp³-hybridized carbons (Fsp3) is 0.300. The number of aliphatic hydroxyl groups excluding tert-OH is 1. The number of rotatable bonds is 3. The Balaban J connectivity index is 0.000000197. The molecule has 1 fully saturated rings. The molecule has 0 amide bonds. The van der Waals surface area contributed by atoms with Crippen molar-refractivity contribution in [2.45, 2.75) is 31.9 Å². The Bertz CT molecular complexity index is 764. The van der Waals surface area contributed by atoms with Crippen molar-refractivity contribution in [3.05, 3.63) is 71.0 Å². The lowest BCUT2D eigenvalue weighted by Gasteiger charge is -2.24. The van der Waals surface area contributed by atoms with E-state index in [2.05, 4.69) is 5.32 Å². The Labute approximate surface area is 151 Å². The maximum absolute atomic E-state index is 12.9. The molecule has 1 saturated heterocycles. The fourth-order valence-electron chi connectivity index (χ4n) is 2.82. The molecule has 0 saturated carbocycles. The molecule has 1 aliphatic rings. The molecule has 138 valence electrons. The van der Waals surface area contributed by atoms with E-state index in [1.807, 2.05) is 6.92 Å². The number of carboxylic acid groups (broad SMARTS) is 1. The van der Waals surface area contributed by atoms with Crippen molar-refractivity contribution in [2.75, 3.05) is 6.54 Å². The predicted molar refractivity (Wildman–Crippen MR) is 95.2 cm³/mol. The number of carboxylic acids is 1. The number of halogens is 1. The molecule has 0 spiro atoms. The van der Waals surface area contributed by atoms with Gasteiger partial charge in [-0.15, -0.1) is 0 Å². The minimum atomic E-state index is -1.41. The maximum Gasteiger partial charge on any atom is 0.337 e. The Morgan fingerprint density at radius 2 is 1.92 bits per heavy atom. The van der Waals surface area contributed by atoms with E-state index in [4.69, 9.17) is 10.2 Å². The van der Waals surface area contributed by atoms with Gasteiger partial charge in [0, 0.05) is 25.4 Å². The van der Waals surface area contributed by atoms with E-state index >= 15 is 0 Å². The molecule has 2 atom stereocenters. The van der Waals surface area contributed by atoms with Crippen LogP contribution in [0.1, 0.15) is 41.7 Å². The summed E-state index contributed by atoms with van der Waals surface area (Å²) in [5.41, 5.74) is 2.34. The summed E-state index contributed by atoms with van der Waals surface area (Å²) in [6.45, 7) is 2.60. The molecule has 3 rings (SSSR count). The van der Waals surface area contributed by atoms with Crippen molar-refractivity contribution in [3.8, 4) is 0 Å². The number of hydrogen-bond acceptors (Lipinski definition) is 4. The number of ketones is 1. The van der Waals surface area contributed by atoms with E-state index < -0.39 is 12.1 Å². The van der Waals surface area contributed by atoms with Gasteiger partial charge in [-0.05, 0) is 35.7 Å². The van der Waals surface area contributed by atoms with E-state index in [1.54, 1.807) is 36.4 Å². The molecule has 1 heterocycles. The first-order chi connectivity index (χ1) is 12.4. The van der Waals surface area contributed by atoms with E-state index in [9.17, 15) is 14.0 Å². The lowest BCUT2D eigenvalue weighted by molar-refractivity contribution is -0.147. The second-order valence-electron chi connectivity index (χ2n) is 6.15. The van der Waals surface area contributed by atoms with Crippen molar-refractivity contribution in [1.29, 1.82) is 0 Å². The quantitative estimate of drug-likeness (QED) is 0.784. The smallest absolute Gasteiger partial charge is 0.337 e. The van der Waals surface area contributed by atoms with Gasteiger partial charge in [0.1, 0.15) is 11.6 Å². The van der Waals surface area contributed by atoms with Crippen molar-refractivity contribution < 1.29 is 24.2 Å². The first-order valence-corrected chi connectivity index (χ1v) is 8.35. The number of aliphatic hydroxyl groups is 1. The highest BCUT2D eigenvalue weighted by Crippen LogP contribution is 2.24. The number of aliphatic carboxylic acids is 1. The number of nitrogens with one attached hydrogen (secondary N) is 1. The lowest BCUT2D eigenvalue weighted by atomic mass is 9.93. The number of carbonyl (C=O) groups is 2. The van der Waals surface area contributed by atoms with Gasteiger partial charge in [-0.25, -0.2) is 9.18 Å². The van der Waals surface area contributed by atoms with Crippen LogP contribution < -0.4 is 5.32 Å². The SMILES string of the molecule is Cc1cc(F)ccc1[C@@H]1CC(=O)CCN1.O=C(O)C(O)c1ccccc1. The Morgan fingerprint density at radius 3 is 2.50 bits per heavy atom. The van der Waals surface area contributed by atoms with Crippen LogP contribution in [0.15, 0.2) is 48.5 Å². The molecule has 1 unspecified atom stereocenters. The zero-order valence-corrected chi connectivity index (χ0v) is 14.5. The highest BCUT2D eigenvalue weighted by Gasteiger charge is 2.21. The summed E-state index contributed by atoms with van der Waals surface area (Å²) in [6, 6.07) is 13.0. The van der Waals surface area contributed by atoms with Gasteiger partial charge in [0.25, 0.3) is 0 Å². The fourth-order valence-corrected chi connectivity index (χ4v) is 2.82. The molecular formula is C20H22FNO4. The molecule has 2 aromatic carbocycles. The lowest BCUT2D eigenvalue weighted by Crippen LogP contribution is -2.32. The summed E-state index contributed by atoms with van der Waals surface area (Å²) in [4.78, 5) is 21.6.